The van der Waals surface area contributed by atoms with Crippen molar-refractivity contribution in [2.45, 2.75) is 111 Å². The van der Waals surface area contributed by atoms with Crippen molar-refractivity contribution < 1.29 is 33.8 Å². The third-order valence-corrected chi connectivity index (χ3v) is 14.3. The lowest BCUT2D eigenvalue weighted by Crippen LogP contribution is -2.66. The summed E-state index contributed by atoms with van der Waals surface area (Å²) >= 11 is 0. The highest BCUT2D eigenvalue weighted by atomic mass is 16.5. The molecule has 0 aliphatic heterocycles. The van der Waals surface area contributed by atoms with Crippen molar-refractivity contribution in [3.05, 3.63) is 47.0 Å². The van der Waals surface area contributed by atoms with Crippen LogP contribution in [0.1, 0.15) is 120 Å². The number of benzene rings is 1. The number of fused-ring (bicyclic) bond motifs is 7. The monoisotopic (exact) mass is 633 g/mol. The number of ketones is 1. The standard InChI is InChI=1S/C38H51NO7/c1-22-25-12-15-38(6)30(36(25,4)14-13-29(22)46-32(43)24-11-9-8-10-23(24)31(41)42)28(40)20-26-27-21-35(3,39-33(44)45-7)18-16-34(27,2)17-19-37(26,38)5/h8-11,20,22,25,27,29-30H,12-19,21H2,1-7H3,(H,39,44)(H,41,42)/t22-,25?,27?,29+,30?,34-,35+,36+,37-,38-/m1/s1. The van der Waals surface area contributed by atoms with Crippen LogP contribution in [0.25, 0.3) is 0 Å². The molecule has 0 saturated heterocycles. The van der Waals surface area contributed by atoms with E-state index >= 15 is 0 Å². The van der Waals surface area contributed by atoms with Crippen LogP contribution in [0.15, 0.2) is 35.9 Å². The van der Waals surface area contributed by atoms with Gasteiger partial charge in [-0.15, -0.1) is 0 Å². The van der Waals surface area contributed by atoms with E-state index in [-0.39, 0.29) is 68.3 Å². The van der Waals surface area contributed by atoms with Crippen molar-refractivity contribution in [2.75, 3.05) is 7.11 Å². The Morgan fingerprint density at radius 1 is 0.913 bits per heavy atom. The molecule has 0 radical (unpaired) electrons. The van der Waals surface area contributed by atoms with Gasteiger partial charge < -0.3 is 19.9 Å². The molecule has 0 spiro atoms. The van der Waals surface area contributed by atoms with Crippen LogP contribution in [0, 0.1) is 45.3 Å². The highest BCUT2D eigenvalue weighted by Crippen LogP contribution is 2.74. The van der Waals surface area contributed by atoms with Crippen LogP contribution in [-0.2, 0) is 14.3 Å². The molecule has 1 amide bonds. The molecule has 1 aromatic carbocycles. The van der Waals surface area contributed by atoms with E-state index in [1.807, 2.05) is 6.08 Å². The summed E-state index contributed by atoms with van der Waals surface area (Å²) in [5.41, 5.74) is 0.405. The largest absolute Gasteiger partial charge is 0.478 e. The van der Waals surface area contributed by atoms with Gasteiger partial charge >= 0.3 is 18.0 Å². The summed E-state index contributed by atoms with van der Waals surface area (Å²) in [6.45, 7) is 13.7. The van der Waals surface area contributed by atoms with E-state index in [1.165, 1.54) is 24.8 Å². The Kier molecular flexibility index (Phi) is 7.80. The van der Waals surface area contributed by atoms with Gasteiger partial charge in [-0.1, -0.05) is 52.3 Å². The van der Waals surface area contributed by atoms with Gasteiger partial charge in [-0.3, -0.25) is 4.79 Å². The molecule has 4 fully saturated rings. The molecule has 8 heteroatoms. The molecule has 46 heavy (non-hydrogen) atoms. The van der Waals surface area contributed by atoms with Gasteiger partial charge in [0.25, 0.3) is 0 Å². The molecule has 0 aromatic heterocycles. The Balaban J connectivity index is 1.29. The molecule has 4 saturated carbocycles. The zero-order chi connectivity index (χ0) is 33.4. The number of carbonyl (C=O) groups excluding carboxylic acids is 3. The minimum atomic E-state index is -1.15. The predicted molar refractivity (Wildman–Crippen MR) is 173 cm³/mol. The number of ether oxygens (including phenoxy) is 2. The van der Waals surface area contributed by atoms with Crippen LogP contribution in [0.2, 0.25) is 0 Å². The third kappa shape index (κ3) is 4.75. The normalized spacial score (nSPS) is 43.1. The van der Waals surface area contributed by atoms with E-state index in [0.717, 1.165) is 51.4 Å². The highest BCUT2D eigenvalue weighted by molar-refractivity contribution is 6.02. The molecule has 0 heterocycles. The fraction of sp³-hybridized carbons (Fsp3) is 0.684. The summed E-state index contributed by atoms with van der Waals surface area (Å²) in [4.78, 5) is 51.9. The van der Waals surface area contributed by atoms with Gasteiger partial charge in [0, 0.05) is 11.5 Å². The van der Waals surface area contributed by atoms with E-state index in [1.54, 1.807) is 12.1 Å². The van der Waals surface area contributed by atoms with Crippen LogP contribution >= 0.6 is 0 Å². The molecule has 6 rings (SSSR count). The molecule has 0 bridgehead atoms. The van der Waals surface area contributed by atoms with Crippen molar-refractivity contribution in [3.63, 3.8) is 0 Å². The number of amides is 1. The fourth-order valence-corrected chi connectivity index (χ4v) is 11.4. The first-order valence-electron chi connectivity index (χ1n) is 17.2. The number of hydrogen-bond acceptors (Lipinski definition) is 6. The zero-order valence-electron chi connectivity index (χ0n) is 28.5. The molecular weight excluding hydrogens is 582 g/mol. The van der Waals surface area contributed by atoms with Crippen LogP contribution in [0.5, 0.6) is 0 Å². The van der Waals surface area contributed by atoms with Gasteiger partial charge in [0.15, 0.2) is 5.78 Å². The van der Waals surface area contributed by atoms with Crippen molar-refractivity contribution in [1.29, 1.82) is 0 Å². The Morgan fingerprint density at radius 2 is 1.59 bits per heavy atom. The molecule has 5 aliphatic carbocycles. The summed E-state index contributed by atoms with van der Waals surface area (Å²) in [6.07, 6.45) is 9.40. The number of allylic oxidation sites excluding steroid dienone is 2. The molecule has 8 nitrogen and oxygen atoms in total. The number of carboxylic acids is 1. The Morgan fingerprint density at radius 3 is 2.26 bits per heavy atom. The number of hydrogen-bond donors (Lipinski definition) is 2. The third-order valence-electron chi connectivity index (χ3n) is 14.3. The maximum Gasteiger partial charge on any atom is 0.407 e. The molecule has 2 N–H and O–H groups in total. The summed E-state index contributed by atoms with van der Waals surface area (Å²) in [7, 11) is 1.40. The SMILES string of the molecule is COC(=O)N[C@@]1(C)CC[C@]2(C)CC[C@]3(C)C(=CC(=O)C4[C@@]5(C)CC[C@H](OC(=O)c6ccccc6C(=O)O)[C@H](C)C5CC[C@]43C)C2C1. The fourth-order valence-electron chi connectivity index (χ4n) is 11.4. The minimum absolute atomic E-state index is 0.0355. The van der Waals surface area contributed by atoms with E-state index < -0.39 is 23.6 Å². The zero-order valence-corrected chi connectivity index (χ0v) is 28.5. The first kappa shape index (κ1) is 32.8. The Hall–Kier alpha value is -3.16. The van der Waals surface area contributed by atoms with Gasteiger partial charge in [-0.2, -0.15) is 0 Å². The summed E-state index contributed by atoms with van der Waals surface area (Å²) < 4.78 is 11.0. The van der Waals surface area contributed by atoms with Crippen LogP contribution < -0.4 is 5.32 Å². The molecular formula is C38H51NO7. The lowest BCUT2D eigenvalue weighted by atomic mass is 9.34. The van der Waals surface area contributed by atoms with Crippen LogP contribution in [0.3, 0.4) is 0 Å². The van der Waals surface area contributed by atoms with Gasteiger partial charge in [-0.25, -0.2) is 14.4 Å². The predicted octanol–water partition coefficient (Wildman–Crippen LogP) is 7.61. The molecule has 10 atom stereocenters. The Labute approximate surface area is 273 Å². The van der Waals surface area contributed by atoms with Gasteiger partial charge in [0.1, 0.15) is 6.10 Å². The minimum Gasteiger partial charge on any atom is -0.478 e. The topological polar surface area (TPSA) is 119 Å². The van der Waals surface area contributed by atoms with Crippen LogP contribution in [-0.4, -0.2) is 47.7 Å². The number of esters is 1. The van der Waals surface area contributed by atoms with Gasteiger partial charge in [-0.05, 0) is 122 Å². The molecule has 250 valence electrons. The molecule has 3 unspecified atom stereocenters. The smallest absolute Gasteiger partial charge is 0.407 e. The van der Waals surface area contributed by atoms with Crippen molar-refractivity contribution >= 4 is 23.8 Å². The average Bonchev–Trinajstić information content (AvgIpc) is 3.00. The van der Waals surface area contributed by atoms with Gasteiger partial charge in [0.2, 0.25) is 0 Å². The summed E-state index contributed by atoms with van der Waals surface area (Å²) in [5, 5.41) is 12.7. The van der Waals surface area contributed by atoms with E-state index in [0.29, 0.717) is 6.42 Å². The average molecular weight is 634 g/mol. The second-order valence-electron chi connectivity index (χ2n) is 16.6. The number of carboxylic acid groups (broad SMARTS) is 1. The number of carbonyl (C=O) groups is 4. The van der Waals surface area contributed by atoms with Gasteiger partial charge in [0.05, 0.1) is 18.2 Å². The maximum absolute atomic E-state index is 14.6. The first-order chi connectivity index (χ1) is 21.5. The lowest BCUT2D eigenvalue weighted by molar-refractivity contribution is -0.184. The number of nitrogens with one attached hydrogen (secondary N) is 1. The van der Waals surface area contributed by atoms with E-state index in [4.69, 9.17) is 9.47 Å². The number of rotatable bonds is 4. The molecule has 1 aromatic rings. The van der Waals surface area contributed by atoms with Crippen molar-refractivity contribution in [2.24, 2.45) is 45.3 Å². The summed E-state index contributed by atoms with van der Waals surface area (Å²) in [6, 6.07) is 6.20. The summed E-state index contributed by atoms with van der Waals surface area (Å²) in [5.74, 6) is -1.21. The van der Waals surface area contributed by atoms with E-state index in [2.05, 4.69) is 46.9 Å². The van der Waals surface area contributed by atoms with Crippen LogP contribution in [0.4, 0.5) is 4.79 Å². The first-order valence-corrected chi connectivity index (χ1v) is 17.2. The Bertz CT molecular complexity index is 1500. The van der Waals surface area contributed by atoms with E-state index in [9.17, 15) is 24.3 Å². The van der Waals surface area contributed by atoms with Crippen molar-refractivity contribution in [1.82, 2.24) is 5.32 Å². The quantitative estimate of drug-likeness (QED) is 0.328. The number of methoxy groups -OCH3 is 1. The van der Waals surface area contributed by atoms with Crippen molar-refractivity contribution in [3.8, 4) is 0 Å². The second kappa shape index (κ2) is 10.9. The second-order valence-corrected chi connectivity index (χ2v) is 16.6. The molecule has 5 aliphatic rings. The maximum atomic E-state index is 14.6. The lowest BCUT2D eigenvalue weighted by Gasteiger charge is -2.69. The number of aromatic carboxylic acids is 1. The highest BCUT2D eigenvalue weighted by Gasteiger charge is 2.69. The number of alkyl carbamates (subject to hydrolysis) is 1.